The first-order chi connectivity index (χ1) is 14.5. The Kier molecular flexibility index (Phi) is 4.31. The number of amides is 1. The second-order valence-electron chi connectivity index (χ2n) is 7.89. The molecule has 2 aliphatic rings. The van der Waals surface area contributed by atoms with E-state index in [2.05, 4.69) is 0 Å². The number of fused-ring (bicyclic) bond motifs is 1. The number of hydrogen-bond donors (Lipinski definition) is 1. The van der Waals surface area contributed by atoms with E-state index in [0.29, 0.717) is 17.7 Å². The fourth-order valence-electron chi connectivity index (χ4n) is 4.07. The van der Waals surface area contributed by atoms with Gasteiger partial charge in [-0.05, 0) is 59.4 Å². The molecular formula is C25H21NO4. The fraction of sp³-hybridized carbons (Fsp3) is 0.200. The summed E-state index contributed by atoms with van der Waals surface area (Å²) in [6.45, 7) is 0.231. The van der Waals surface area contributed by atoms with E-state index in [1.165, 1.54) is 0 Å². The van der Waals surface area contributed by atoms with Gasteiger partial charge in [0.2, 0.25) is 12.7 Å². The summed E-state index contributed by atoms with van der Waals surface area (Å²) in [6, 6.07) is 20.9. The van der Waals surface area contributed by atoms with Crippen molar-refractivity contribution in [2.45, 2.75) is 24.7 Å². The number of carbonyl (C=O) groups excluding carboxylic acids is 2. The van der Waals surface area contributed by atoms with Crippen LogP contribution in [-0.4, -0.2) is 18.5 Å². The van der Waals surface area contributed by atoms with E-state index < -0.39 is 11.3 Å². The Bertz CT molecular complexity index is 1150. The smallest absolute Gasteiger partial charge is 0.248 e. The van der Waals surface area contributed by atoms with Crippen molar-refractivity contribution in [1.82, 2.24) is 0 Å². The van der Waals surface area contributed by atoms with Crippen molar-refractivity contribution in [2.75, 3.05) is 6.79 Å². The largest absolute Gasteiger partial charge is 0.454 e. The lowest BCUT2D eigenvalue weighted by Gasteiger charge is -2.15. The normalized spacial score (nSPS) is 15.6. The zero-order valence-electron chi connectivity index (χ0n) is 16.4. The Balaban J connectivity index is 1.33. The maximum Gasteiger partial charge on any atom is 0.248 e. The van der Waals surface area contributed by atoms with Crippen molar-refractivity contribution < 1.29 is 19.1 Å². The third kappa shape index (κ3) is 3.22. The molecule has 1 aliphatic carbocycles. The Morgan fingerprint density at radius 3 is 2.37 bits per heavy atom. The molecule has 1 saturated carbocycles. The number of carbonyl (C=O) groups is 2. The number of ether oxygens (including phenoxy) is 2. The van der Waals surface area contributed by atoms with Crippen LogP contribution >= 0.6 is 0 Å². The summed E-state index contributed by atoms with van der Waals surface area (Å²) in [6.07, 6.45) is 2.11. The lowest BCUT2D eigenvalue weighted by Crippen LogP contribution is -2.22. The van der Waals surface area contributed by atoms with Gasteiger partial charge >= 0.3 is 0 Å². The fourth-order valence-corrected chi connectivity index (χ4v) is 4.07. The first-order valence-corrected chi connectivity index (χ1v) is 9.98. The van der Waals surface area contributed by atoms with Crippen LogP contribution in [0.4, 0.5) is 0 Å². The summed E-state index contributed by atoms with van der Waals surface area (Å²) in [5, 5.41) is 0. The number of ketones is 1. The highest BCUT2D eigenvalue weighted by atomic mass is 16.7. The highest BCUT2D eigenvalue weighted by Gasteiger charge is 2.50. The number of hydrogen-bond acceptors (Lipinski definition) is 4. The second-order valence-corrected chi connectivity index (χ2v) is 7.89. The summed E-state index contributed by atoms with van der Waals surface area (Å²) in [5.41, 5.74) is 9.33. The first kappa shape index (κ1) is 18.4. The molecule has 1 fully saturated rings. The quantitative estimate of drug-likeness (QED) is 0.679. The summed E-state index contributed by atoms with van der Waals surface area (Å²) in [7, 11) is 0. The van der Waals surface area contributed by atoms with Crippen LogP contribution in [0.1, 0.15) is 34.3 Å². The van der Waals surface area contributed by atoms with Gasteiger partial charge in [-0.3, -0.25) is 9.59 Å². The summed E-state index contributed by atoms with van der Waals surface area (Å²) in [4.78, 5) is 24.6. The summed E-state index contributed by atoms with van der Waals surface area (Å²) in [5.74, 6) is 1.23. The van der Waals surface area contributed by atoms with Crippen molar-refractivity contribution in [3.8, 4) is 22.6 Å². The Morgan fingerprint density at radius 1 is 0.867 bits per heavy atom. The van der Waals surface area contributed by atoms with E-state index in [1.54, 1.807) is 12.1 Å². The minimum absolute atomic E-state index is 0.227. The second kappa shape index (κ2) is 7.02. The van der Waals surface area contributed by atoms with Crippen LogP contribution < -0.4 is 15.2 Å². The Hall–Kier alpha value is -3.60. The summed E-state index contributed by atoms with van der Waals surface area (Å²) >= 11 is 0. The Morgan fingerprint density at radius 2 is 1.63 bits per heavy atom. The van der Waals surface area contributed by atoms with Crippen LogP contribution in [0.3, 0.4) is 0 Å². The monoisotopic (exact) mass is 399 g/mol. The molecule has 5 nitrogen and oxygen atoms in total. The van der Waals surface area contributed by atoms with E-state index in [0.717, 1.165) is 40.8 Å². The first-order valence-electron chi connectivity index (χ1n) is 9.98. The number of Topliss-reactive ketones (excluding diaryl/α,β-unsaturated/α-hetero) is 1. The molecule has 1 heterocycles. The van der Waals surface area contributed by atoms with Gasteiger partial charge in [-0.1, -0.05) is 42.5 Å². The molecule has 0 bridgehead atoms. The van der Waals surface area contributed by atoms with Crippen molar-refractivity contribution in [3.63, 3.8) is 0 Å². The molecule has 1 aliphatic heterocycles. The van der Waals surface area contributed by atoms with Crippen LogP contribution in [0.5, 0.6) is 11.5 Å². The van der Waals surface area contributed by atoms with E-state index in [-0.39, 0.29) is 12.6 Å². The predicted octanol–water partition coefficient (Wildman–Crippen LogP) is 4.02. The van der Waals surface area contributed by atoms with Crippen molar-refractivity contribution >= 4 is 11.7 Å². The summed E-state index contributed by atoms with van der Waals surface area (Å²) < 4.78 is 10.9. The van der Waals surface area contributed by atoms with Gasteiger partial charge in [0.05, 0.1) is 5.41 Å². The van der Waals surface area contributed by atoms with Gasteiger partial charge in [-0.2, -0.15) is 0 Å². The van der Waals surface area contributed by atoms with Crippen LogP contribution in [0.25, 0.3) is 11.1 Å². The minimum Gasteiger partial charge on any atom is -0.454 e. The molecule has 5 rings (SSSR count). The van der Waals surface area contributed by atoms with Gasteiger partial charge in [-0.15, -0.1) is 0 Å². The molecule has 0 aromatic heterocycles. The Labute approximate surface area is 174 Å². The topological polar surface area (TPSA) is 78.6 Å². The zero-order chi connectivity index (χ0) is 20.7. The van der Waals surface area contributed by atoms with Gasteiger partial charge in [0.25, 0.3) is 0 Å². The average Bonchev–Trinajstić information content (AvgIpc) is 3.45. The molecule has 30 heavy (non-hydrogen) atoms. The van der Waals surface area contributed by atoms with Crippen LogP contribution in [0.2, 0.25) is 0 Å². The number of nitrogens with two attached hydrogens (primary N) is 1. The maximum absolute atomic E-state index is 13.1. The molecule has 0 atom stereocenters. The number of benzene rings is 3. The van der Waals surface area contributed by atoms with E-state index in [9.17, 15) is 9.59 Å². The predicted molar refractivity (Wildman–Crippen MR) is 113 cm³/mol. The van der Waals surface area contributed by atoms with Gasteiger partial charge in [0, 0.05) is 12.0 Å². The minimum atomic E-state index is -0.447. The molecular weight excluding hydrogens is 378 g/mol. The molecule has 2 N–H and O–H groups in total. The molecule has 1 amide bonds. The molecule has 0 unspecified atom stereocenters. The lowest BCUT2D eigenvalue weighted by molar-refractivity contribution is -0.120. The molecule has 3 aromatic carbocycles. The van der Waals surface area contributed by atoms with Gasteiger partial charge in [0.1, 0.15) is 5.78 Å². The number of primary amides is 1. The van der Waals surface area contributed by atoms with E-state index in [4.69, 9.17) is 15.2 Å². The van der Waals surface area contributed by atoms with Crippen molar-refractivity contribution in [2.24, 2.45) is 5.73 Å². The molecule has 5 heteroatoms. The SMILES string of the molecule is NC(=O)c1cccc(-c2ccc(CC(=O)C3(c4ccc5c(c4)OCO5)CC3)cc2)c1. The van der Waals surface area contributed by atoms with Gasteiger partial charge in [-0.25, -0.2) is 0 Å². The molecule has 150 valence electrons. The highest BCUT2D eigenvalue weighted by Crippen LogP contribution is 2.51. The van der Waals surface area contributed by atoms with Crippen molar-refractivity contribution in [3.05, 3.63) is 83.4 Å². The highest BCUT2D eigenvalue weighted by molar-refractivity contribution is 5.95. The average molecular weight is 399 g/mol. The van der Waals surface area contributed by atoms with Crippen LogP contribution in [0.15, 0.2) is 66.7 Å². The molecule has 0 radical (unpaired) electrons. The van der Waals surface area contributed by atoms with Gasteiger partial charge < -0.3 is 15.2 Å². The third-order valence-corrected chi connectivity index (χ3v) is 6.01. The molecule has 0 spiro atoms. The third-order valence-electron chi connectivity index (χ3n) is 6.01. The molecule has 3 aromatic rings. The standard InChI is InChI=1S/C25H21NO4/c26-24(28)19-3-1-2-18(13-19)17-6-4-16(5-7-17)12-23(27)25(10-11-25)20-8-9-21-22(14-20)30-15-29-21/h1-9,13-14H,10-12,15H2,(H2,26,28). The molecule has 0 saturated heterocycles. The maximum atomic E-state index is 13.1. The van der Waals surface area contributed by atoms with Crippen LogP contribution in [0, 0.1) is 0 Å². The lowest BCUT2D eigenvalue weighted by atomic mass is 9.87. The van der Waals surface area contributed by atoms with E-state index in [1.807, 2.05) is 54.6 Å². The number of rotatable bonds is 6. The van der Waals surface area contributed by atoms with Gasteiger partial charge in [0.15, 0.2) is 11.5 Å². The zero-order valence-corrected chi connectivity index (χ0v) is 16.4. The van der Waals surface area contributed by atoms with E-state index >= 15 is 0 Å². The van der Waals surface area contributed by atoms with Crippen molar-refractivity contribution in [1.29, 1.82) is 0 Å². The van der Waals surface area contributed by atoms with Crippen LogP contribution in [-0.2, 0) is 16.6 Å².